The zero-order valence-corrected chi connectivity index (χ0v) is 13.6. The van der Waals surface area contributed by atoms with Crippen molar-refractivity contribution in [2.24, 2.45) is 5.10 Å². The Morgan fingerprint density at radius 3 is 2.60 bits per heavy atom. The van der Waals surface area contributed by atoms with E-state index in [1.807, 2.05) is 0 Å². The van der Waals surface area contributed by atoms with Crippen molar-refractivity contribution in [3.8, 4) is 11.5 Å². The van der Waals surface area contributed by atoms with Gasteiger partial charge in [0.2, 0.25) is 0 Å². The van der Waals surface area contributed by atoms with Gasteiger partial charge in [0.25, 0.3) is 5.91 Å². The van der Waals surface area contributed by atoms with Crippen LogP contribution in [0.2, 0.25) is 0 Å². The number of alkyl halides is 2. The number of benzene rings is 2. The molecule has 5 nitrogen and oxygen atoms in total. The molecule has 0 radical (unpaired) electrons. The van der Waals surface area contributed by atoms with Gasteiger partial charge in [0, 0.05) is 11.3 Å². The molecule has 0 fully saturated rings. The Morgan fingerprint density at radius 2 is 1.96 bits per heavy atom. The summed E-state index contributed by atoms with van der Waals surface area (Å²) in [4.78, 5) is 11.9. The molecule has 0 aromatic heterocycles. The molecule has 2 aromatic carbocycles. The summed E-state index contributed by atoms with van der Waals surface area (Å²) < 4.78 is 28.5. The first-order chi connectivity index (χ1) is 11.9. The second-order valence-corrected chi connectivity index (χ2v) is 5.36. The molecule has 0 saturated carbocycles. The van der Waals surface area contributed by atoms with Crippen molar-refractivity contribution in [2.75, 3.05) is 0 Å². The fourth-order valence-electron chi connectivity index (χ4n) is 2.08. The maximum Gasteiger partial charge on any atom is 0.387 e. The van der Waals surface area contributed by atoms with Crippen LogP contribution >= 0.6 is 0 Å². The number of phenols is 1. The molecule has 0 saturated heterocycles. The maximum absolute atomic E-state index is 12.1. The highest BCUT2D eigenvalue weighted by molar-refractivity contribution is 5.95. The van der Waals surface area contributed by atoms with Crippen LogP contribution in [0.15, 0.2) is 53.6 Å². The van der Waals surface area contributed by atoms with E-state index in [1.54, 1.807) is 31.2 Å². The van der Waals surface area contributed by atoms with Crippen molar-refractivity contribution in [3.05, 3.63) is 59.7 Å². The molecule has 2 N–H and O–H groups in total. The van der Waals surface area contributed by atoms with E-state index in [0.29, 0.717) is 24.1 Å². The summed E-state index contributed by atoms with van der Waals surface area (Å²) in [5.74, 6) is -0.293. The minimum Gasteiger partial charge on any atom is -0.508 e. The molecule has 1 amide bonds. The minimum absolute atomic E-state index is 0.00706. The first-order valence-corrected chi connectivity index (χ1v) is 7.60. The Hall–Kier alpha value is -2.96. The molecule has 0 unspecified atom stereocenters. The van der Waals surface area contributed by atoms with E-state index < -0.39 is 12.5 Å². The number of rotatable bonds is 7. The summed E-state index contributed by atoms with van der Waals surface area (Å²) in [5.41, 5.74) is 4.39. The topological polar surface area (TPSA) is 70.9 Å². The smallest absolute Gasteiger partial charge is 0.387 e. The third-order valence-electron chi connectivity index (χ3n) is 3.38. The number of aryl methyl sites for hydroxylation is 1. The third kappa shape index (κ3) is 6.21. The first-order valence-electron chi connectivity index (χ1n) is 7.60. The number of hydrogen-bond acceptors (Lipinski definition) is 4. The van der Waals surface area contributed by atoms with Crippen molar-refractivity contribution in [2.45, 2.75) is 26.4 Å². The van der Waals surface area contributed by atoms with E-state index in [4.69, 9.17) is 0 Å². The highest BCUT2D eigenvalue weighted by Gasteiger charge is 2.06. The number of hydrazone groups is 1. The molecule has 0 spiro atoms. The van der Waals surface area contributed by atoms with Crippen molar-refractivity contribution < 1.29 is 23.4 Å². The van der Waals surface area contributed by atoms with Gasteiger partial charge in [0.15, 0.2) is 0 Å². The zero-order valence-electron chi connectivity index (χ0n) is 13.6. The highest BCUT2D eigenvalue weighted by atomic mass is 19.3. The maximum atomic E-state index is 12.1. The number of aromatic hydroxyl groups is 1. The van der Waals surface area contributed by atoms with Crippen LogP contribution in [0, 0.1) is 0 Å². The standard InChI is InChI=1S/C18H18F2N2O3/c1-12(21-22-17(24)14-3-2-4-15(23)11-14)5-6-13-7-9-16(10-8-13)25-18(19)20/h2-4,7-11,18,23H,5-6H2,1H3,(H,22,24)/b21-12-. The van der Waals surface area contributed by atoms with Gasteiger partial charge in [-0.1, -0.05) is 18.2 Å². The minimum atomic E-state index is -2.84. The molecule has 25 heavy (non-hydrogen) atoms. The lowest BCUT2D eigenvalue weighted by Gasteiger charge is -2.06. The number of carbonyl (C=O) groups is 1. The third-order valence-corrected chi connectivity index (χ3v) is 3.38. The van der Waals surface area contributed by atoms with E-state index in [1.165, 1.54) is 24.3 Å². The largest absolute Gasteiger partial charge is 0.508 e. The van der Waals surface area contributed by atoms with Gasteiger partial charge in [-0.2, -0.15) is 13.9 Å². The number of ether oxygens (including phenoxy) is 1. The summed E-state index contributed by atoms with van der Waals surface area (Å²) in [6.07, 6.45) is 1.24. The Bertz CT molecular complexity index is 746. The molecule has 2 rings (SSSR count). The summed E-state index contributed by atoms with van der Waals surface area (Å²) in [6, 6.07) is 12.3. The normalized spacial score (nSPS) is 11.4. The monoisotopic (exact) mass is 348 g/mol. The Morgan fingerprint density at radius 1 is 1.24 bits per heavy atom. The van der Waals surface area contributed by atoms with Gasteiger partial charge in [-0.05, 0) is 55.7 Å². The molecule has 132 valence electrons. The van der Waals surface area contributed by atoms with Crippen molar-refractivity contribution in [3.63, 3.8) is 0 Å². The Balaban J connectivity index is 1.84. The number of amides is 1. The van der Waals surface area contributed by atoms with E-state index in [-0.39, 0.29) is 11.5 Å². The van der Waals surface area contributed by atoms with Crippen LogP contribution in [-0.4, -0.2) is 23.3 Å². The summed E-state index contributed by atoms with van der Waals surface area (Å²) >= 11 is 0. The lowest BCUT2D eigenvalue weighted by atomic mass is 10.1. The van der Waals surface area contributed by atoms with Gasteiger partial charge < -0.3 is 9.84 Å². The molecule has 2 aromatic rings. The Labute approximate surface area is 143 Å². The van der Waals surface area contributed by atoms with Gasteiger partial charge >= 0.3 is 6.61 Å². The van der Waals surface area contributed by atoms with Crippen LogP contribution in [0.3, 0.4) is 0 Å². The van der Waals surface area contributed by atoms with Gasteiger partial charge in [0.1, 0.15) is 11.5 Å². The van der Waals surface area contributed by atoms with Gasteiger partial charge in [-0.3, -0.25) is 4.79 Å². The highest BCUT2D eigenvalue weighted by Crippen LogP contribution is 2.16. The van der Waals surface area contributed by atoms with Crippen LogP contribution in [0.4, 0.5) is 8.78 Å². The molecule has 0 bridgehead atoms. The number of nitrogens with zero attached hydrogens (tertiary/aromatic N) is 1. The average Bonchev–Trinajstić information content (AvgIpc) is 2.58. The van der Waals surface area contributed by atoms with Crippen molar-refractivity contribution in [1.29, 1.82) is 0 Å². The van der Waals surface area contributed by atoms with E-state index >= 15 is 0 Å². The molecule has 0 aliphatic heterocycles. The number of nitrogens with one attached hydrogen (secondary N) is 1. The quantitative estimate of drug-likeness (QED) is 0.592. The number of carbonyl (C=O) groups excluding carboxylic acids is 1. The van der Waals surface area contributed by atoms with E-state index in [2.05, 4.69) is 15.3 Å². The molecular formula is C18H18F2N2O3. The molecule has 0 aliphatic rings. The second-order valence-electron chi connectivity index (χ2n) is 5.36. The molecule has 0 heterocycles. The number of halogens is 2. The average molecular weight is 348 g/mol. The number of phenolic OH excluding ortho intramolecular Hbond substituents is 1. The molecular weight excluding hydrogens is 330 g/mol. The fraction of sp³-hybridized carbons (Fsp3) is 0.222. The van der Waals surface area contributed by atoms with Gasteiger partial charge in [-0.15, -0.1) is 0 Å². The van der Waals surface area contributed by atoms with E-state index in [0.717, 1.165) is 5.56 Å². The van der Waals surface area contributed by atoms with Crippen molar-refractivity contribution >= 4 is 11.6 Å². The lowest BCUT2D eigenvalue weighted by molar-refractivity contribution is -0.0498. The Kier molecular flexibility index (Phi) is 6.45. The first kappa shape index (κ1) is 18.4. The zero-order chi connectivity index (χ0) is 18.2. The fourth-order valence-corrected chi connectivity index (χ4v) is 2.08. The predicted octanol–water partition coefficient (Wildman–Crippen LogP) is 3.73. The van der Waals surface area contributed by atoms with Gasteiger partial charge in [-0.25, -0.2) is 5.43 Å². The summed E-state index contributed by atoms with van der Waals surface area (Å²) in [5, 5.41) is 13.4. The predicted molar refractivity (Wildman–Crippen MR) is 90.1 cm³/mol. The van der Waals surface area contributed by atoms with Gasteiger partial charge in [0.05, 0.1) is 0 Å². The SMILES string of the molecule is C/C(CCc1ccc(OC(F)F)cc1)=N/NC(=O)c1cccc(O)c1. The van der Waals surface area contributed by atoms with E-state index in [9.17, 15) is 18.7 Å². The number of hydrogen-bond donors (Lipinski definition) is 2. The molecule has 0 aliphatic carbocycles. The van der Waals surface area contributed by atoms with Crippen LogP contribution in [0.25, 0.3) is 0 Å². The molecule has 7 heteroatoms. The summed E-state index contributed by atoms with van der Waals surface area (Å²) in [7, 11) is 0. The van der Waals surface area contributed by atoms with Crippen LogP contribution < -0.4 is 10.2 Å². The lowest BCUT2D eigenvalue weighted by Crippen LogP contribution is -2.19. The van der Waals surface area contributed by atoms with Crippen LogP contribution in [0.1, 0.15) is 29.3 Å². The van der Waals surface area contributed by atoms with Crippen LogP contribution in [-0.2, 0) is 6.42 Å². The van der Waals surface area contributed by atoms with Crippen molar-refractivity contribution in [1.82, 2.24) is 5.43 Å². The van der Waals surface area contributed by atoms with Crippen LogP contribution in [0.5, 0.6) is 11.5 Å². The summed E-state index contributed by atoms with van der Waals surface area (Å²) in [6.45, 7) is -1.06. The molecule has 0 atom stereocenters. The second kappa shape index (κ2) is 8.77.